The van der Waals surface area contributed by atoms with Gasteiger partial charge in [-0.05, 0) is 24.1 Å². The molecule has 104 valence electrons. The SMILES string of the molecule is CCCOc1ccc(C2(C)CNCC2C(N)=O)cc1. The molecule has 1 aromatic carbocycles. The maximum absolute atomic E-state index is 11.6. The molecule has 2 atom stereocenters. The molecule has 0 aliphatic carbocycles. The zero-order chi connectivity index (χ0) is 13.9. The Bertz CT molecular complexity index is 444. The standard InChI is InChI=1S/C15H22N2O2/c1-3-8-19-12-6-4-11(5-7-12)15(2)10-17-9-13(15)14(16)18/h4-7,13,17H,3,8-10H2,1-2H3,(H2,16,18). The summed E-state index contributed by atoms with van der Waals surface area (Å²) < 4.78 is 5.57. The molecular formula is C15H22N2O2. The summed E-state index contributed by atoms with van der Waals surface area (Å²) in [7, 11) is 0. The van der Waals surface area contributed by atoms with E-state index in [1.165, 1.54) is 0 Å². The summed E-state index contributed by atoms with van der Waals surface area (Å²) in [6.07, 6.45) is 0.993. The minimum absolute atomic E-state index is 0.157. The van der Waals surface area contributed by atoms with E-state index in [1.54, 1.807) is 0 Å². The summed E-state index contributed by atoms with van der Waals surface area (Å²) >= 11 is 0. The number of carbonyl (C=O) groups is 1. The normalized spacial score (nSPS) is 26.3. The van der Waals surface area contributed by atoms with Crippen molar-refractivity contribution in [1.29, 1.82) is 0 Å². The minimum Gasteiger partial charge on any atom is -0.494 e. The lowest BCUT2D eigenvalue weighted by molar-refractivity contribution is -0.122. The average molecular weight is 262 g/mol. The van der Waals surface area contributed by atoms with E-state index in [4.69, 9.17) is 10.5 Å². The van der Waals surface area contributed by atoms with Crippen molar-refractivity contribution in [3.8, 4) is 5.75 Å². The molecule has 19 heavy (non-hydrogen) atoms. The van der Waals surface area contributed by atoms with Gasteiger partial charge < -0.3 is 15.8 Å². The molecule has 0 saturated carbocycles. The van der Waals surface area contributed by atoms with Crippen LogP contribution in [0.5, 0.6) is 5.75 Å². The fourth-order valence-corrected chi connectivity index (χ4v) is 2.69. The van der Waals surface area contributed by atoms with Crippen LogP contribution in [0.25, 0.3) is 0 Å². The van der Waals surface area contributed by atoms with Crippen LogP contribution in [0.2, 0.25) is 0 Å². The largest absolute Gasteiger partial charge is 0.494 e. The first kappa shape index (κ1) is 13.9. The highest BCUT2D eigenvalue weighted by atomic mass is 16.5. The van der Waals surface area contributed by atoms with E-state index in [0.717, 1.165) is 30.9 Å². The summed E-state index contributed by atoms with van der Waals surface area (Å²) in [4.78, 5) is 11.6. The smallest absolute Gasteiger partial charge is 0.222 e. The molecule has 0 aromatic heterocycles. The van der Waals surface area contributed by atoms with Gasteiger partial charge in [0.2, 0.25) is 5.91 Å². The van der Waals surface area contributed by atoms with Gasteiger partial charge in [-0.15, -0.1) is 0 Å². The van der Waals surface area contributed by atoms with Crippen LogP contribution in [-0.2, 0) is 10.2 Å². The van der Waals surface area contributed by atoms with E-state index in [1.807, 2.05) is 24.3 Å². The van der Waals surface area contributed by atoms with Gasteiger partial charge in [-0.25, -0.2) is 0 Å². The second kappa shape index (κ2) is 5.61. The highest BCUT2D eigenvalue weighted by Gasteiger charge is 2.43. The number of rotatable bonds is 5. The summed E-state index contributed by atoms with van der Waals surface area (Å²) in [5.41, 5.74) is 6.41. The van der Waals surface area contributed by atoms with E-state index in [2.05, 4.69) is 19.2 Å². The highest BCUT2D eigenvalue weighted by molar-refractivity contribution is 5.79. The van der Waals surface area contributed by atoms with Crippen LogP contribution in [0.3, 0.4) is 0 Å². The van der Waals surface area contributed by atoms with Gasteiger partial charge in [-0.1, -0.05) is 26.0 Å². The number of nitrogens with one attached hydrogen (secondary N) is 1. The maximum Gasteiger partial charge on any atom is 0.222 e. The monoisotopic (exact) mass is 262 g/mol. The fourth-order valence-electron chi connectivity index (χ4n) is 2.69. The van der Waals surface area contributed by atoms with Crippen molar-refractivity contribution in [2.75, 3.05) is 19.7 Å². The highest BCUT2D eigenvalue weighted by Crippen LogP contribution is 2.35. The van der Waals surface area contributed by atoms with Gasteiger partial charge in [0.05, 0.1) is 12.5 Å². The molecule has 0 bridgehead atoms. The van der Waals surface area contributed by atoms with Crippen LogP contribution in [0.15, 0.2) is 24.3 Å². The second-order valence-corrected chi connectivity index (χ2v) is 5.38. The van der Waals surface area contributed by atoms with Crippen LogP contribution in [0.1, 0.15) is 25.8 Å². The second-order valence-electron chi connectivity index (χ2n) is 5.38. The molecule has 4 nitrogen and oxygen atoms in total. The molecule has 0 spiro atoms. The predicted octanol–water partition coefficient (Wildman–Crippen LogP) is 1.44. The van der Waals surface area contributed by atoms with E-state index in [0.29, 0.717) is 6.54 Å². The van der Waals surface area contributed by atoms with Gasteiger partial charge >= 0.3 is 0 Å². The van der Waals surface area contributed by atoms with Gasteiger partial charge in [0.1, 0.15) is 5.75 Å². The maximum atomic E-state index is 11.6. The molecule has 1 aromatic rings. The van der Waals surface area contributed by atoms with Crippen molar-refractivity contribution in [3.63, 3.8) is 0 Å². The molecule has 1 aliphatic heterocycles. The third-order valence-electron chi connectivity index (χ3n) is 3.94. The molecule has 1 amide bonds. The van der Waals surface area contributed by atoms with Crippen molar-refractivity contribution in [2.24, 2.45) is 11.7 Å². The number of hydrogen-bond acceptors (Lipinski definition) is 3. The van der Waals surface area contributed by atoms with E-state index in [9.17, 15) is 4.79 Å². The van der Waals surface area contributed by atoms with Crippen molar-refractivity contribution in [2.45, 2.75) is 25.7 Å². The van der Waals surface area contributed by atoms with Crippen molar-refractivity contribution in [3.05, 3.63) is 29.8 Å². The van der Waals surface area contributed by atoms with Crippen LogP contribution in [0.4, 0.5) is 0 Å². The zero-order valence-electron chi connectivity index (χ0n) is 11.6. The zero-order valence-corrected chi connectivity index (χ0v) is 11.6. The Morgan fingerprint density at radius 3 is 2.74 bits per heavy atom. The molecule has 3 N–H and O–H groups in total. The van der Waals surface area contributed by atoms with Crippen molar-refractivity contribution < 1.29 is 9.53 Å². The van der Waals surface area contributed by atoms with Gasteiger partial charge in [-0.3, -0.25) is 4.79 Å². The Balaban J connectivity index is 2.18. The Morgan fingerprint density at radius 2 is 2.16 bits per heavy atom. The van der Waals surface area contributed by atoms with Gasteiger partial charge in [0, 0.05) is 18.5 Å². The van der Waals surface area contributed by atoms with Gasteiger partial charge in [0.25, 0.3) is 0 Å². The van der Waals surface area contributed by atoms with Gasteiger partial charge in [0.15, 0.2) is 0 Å². The minimum atomic E-state index is -0.237. The average Bonchev–Trinajstić information content (AvgIpc) is 2.80. The number of benzene rings is 1. The number of hydrogen-bond donors (Lipinski definition) is 2. The topological polar surface area (TPSA) is 64.3 Å². The number of amides is 1. The molecule has 1 fully saturated rings. The van der Waals surface area contributed by atoms with Crippen molar-refractivity contribution >= 4 is 5.91 Å². The number of primary amides is 1. The summed E-state index contributed by atoms with van der Waals surface area (Å²) in [5.74, 6) is 0.476. The third kappa shape index (κ3) is 2.73. The molecule has 0 radical (unpaired) electrons. The number of nitrogens with two attached hydrogens (primary N) is 1. The molecule has 4 heteroatoms. The summed E-state index contributed by atoms with van der Waals surface area (Å²) in [5, 5.41) is 3.26. The first-order chi connectivity index (χ1) is 9.08. The molecular weight excluding hydrogens is 240 g/mol. The van der Waals surface area contributed by atoms with E-state index < -0.39 is 0 Å². The van der Waals surface area contributed by atoms with E-state index in [-0.39, 0.29) is 17.2 Å². The Kier molecular flexibility index (Phi) is 4.10. The third-order valence-corrected chi connectivity index (χ3v) is 3.94. The Morgan fingerprint density at radius 1 is 1.47 bits per heavy atom. The molecule has 1 heterocycles. The molecule has 2 unspecified atom stereocenters. The lowest BCUT2D eigenvalue weighted by atomic mass is 9.74. The van der Waals surface area contributed by atoms with Crippen LogP contribution >= 0.6 is 0 Å². The first-order valence-electron chi connectivity index (χ1n) is 6.81. The lowest BCUT2D eigenvalue weighted by Crippen LogP contribution is -2.39. The number of carbonyl (C=O) groups excluding carboxylic acids is 1. The molecule has 1 aliphatic rings. The van der Waals surface area contributed by atoms with Gasteiger partial charge in [-0.2, -0.15) is 0 Å². The molecule has 2 rings (SSSR count). The fraction of sp³-hybridized carbons (Fsp3) is 0.533. The quantitative estimate of drug-likeness (QED) is 0.844. The van der Waals surface area contributed by atoms with Crippen molar-refractivity contribution in [1.82, 2.24) is 5.32 Å². The Hall–Kier alpha value is -1.55. The first-order valence-corrected chi connectivity index (χ1v) is 6.81. The van der Waals surface area contributed by atoms with E-state index >= 15 is 0 Å². The lowest BCUT2D eigenvalue weighted by Gasteiger charge is -2.29. The predicted molar refractivity (Wildman–Crippen MR) is 75.1 cm³/mol. The summed E-state index contributed by atoms with van der Waals surface area (Å²) in [6.45, 7) is 6.32. The van der Waals surface area contributed by atoms with Crippen LogP contribution in [-0.4, -0.2) is 25.6 Å². The summed E-state index contributed by atoms with van der Waals surface area (Å²) in [6, 6.07) is 8.00. The Labute approximate surface area is 114 Å². The number of ether oxygens (including phenoxy) is 1. The van der Waals surface area contributed by atoms with Crippen LogP contribution in [0, 0.1) is 5.92 Å². The van der Waals surface area contributed by atoms with Crippen LogP contribution < -0.4 is 15.8 Å². The molecule has 1 saturated heterocycles.